The normalized spacial score (nSPS) is 20.4. The molecule has 1 aliphatic rings. The number of nitrogens with one attached hydrogen (secondary N) is 1. The average Bonchev–Trinajstić information content (AvgIpc) is 2.35. The van der Waals surface area contributed by atoms with Gasteiger partial charge in [0.25, 0.3) is 0 Å². The molecule has 1 amide bonds. The smallest absolute Gasteiger partial charge is 0.237 e. The molecule has 0 bridgehead atoms. The summed E-state index contributed by atoms with van der Waals surface area (Å²) in [6.07, 6.45) is 2.90. The zero-order valence-corrected chi connectivity index (χ0v) is 11.3. The van der Waals surface area contributed by atoms with Crippen molar-refractivity contribution in [1.29, 1.82) is 0 Å². The topological polar surface area (TPSA) is 61.8 Å². The highest BCUT2D eigenvalue weighted by Crippen LogP contribution is 2.21. The van der Waals surface area contributed by atoms with Crippen molar-refractivity contribution in [2.45, 2.75) is 31.4 Å². The maximum absolute atomic E-state index is 11.8. The van der Waals surface area contributed by atoms with Gasteiger partial charge in [0.15, 0.2) is 0 Å². The van der Waals surface area contributed by atoms with Gasteiger partial charge in [0.05, 0.1) is 11.6 Å². The molecule has 0 aromatic rings. The Bertz CT molecular complexity index is 288. The summed E-state index contributed by atoms with van der Waals surface area (Å²) in [5.74, 6) is -0.0481. The third kappa shape index (κ3) is 4.40. The molecule has 18 heavy (non-hydrogen) atoms. The fourth-order valence-corrected chi connectivity index (χ4v) is 2.03. The minimum Gasteiger partial charge on any atom is -0.388 e. The van der Waals surface area contributed by atoms with E-state index < -0.39 is 5.60 Å². The van der Waals surface area contributed by atoms with Crippen LogP contribution in [0.5, 0.6) is 0 Å². The molecule has 0 aromatic heterocycles. The lowest BCUT2D eigenvalue weighted by Crippen LogP contribution is -2.51. The van der Waals surface area contributed by atoms with Gasteiger partial charge in [-0.2, -0.15) is 0 Å². The van der Waals surface area contributed by atoms with Crippen molar-refractivity contribution in [3.8, 4) is 0 Å². The Kier molecular flexibility index (Phi) is 5.78. The van der Waals surface area contributed by atoms with Crippen LogP contribution in [0.2, 0.25) is 0 Å². The highest BCUT2D eigenvalue weighted by molar-refractivity contribution is 5.81. The van der Waals surface area contributed by atoms with E-state index in [0.29, 0.717) is 39.1 Å². The van der Waals surface area contributed by atoms with Crippen LogP contribution in [0.15, 0.2) is 12.7 Å². The molecule has 5 nitrogen and oxygen atoms in total. The van der Waals surface area contributed by atoms with Gasteiger partial charge in [0, 0.05) is 39.1 Å². The molecule has 0 aromatic carbocycles. The summed E-state index contributed by atoms with van der Waals surface area (Å²) in [5, 5.41) is 13.1. The molecule has 0 spiro atoms. The predicted octanol–water partition coefficient (Wildman–Crippen LogP) is 0.150. The van der Waals surface area contributed by atoms with E-state index in [9.17, 15) is 9.90 Å². The van der Waals surface area contributed by atoms with Gasteiger partial charge in [-0.3, -0.25) is 9.69 Å². The number of nitrogens with zero attached hydrogens (tertiary/aromatic N) is 1. The third-order valence-electron chi connectivity index (χ3n) is 3.43. The lowest BCUT2D eigenvalue weighted by Gasteiger charge is -2.37. The summed E-state index contributed by atoms with van der Waals surface area (Å²) in [6, 6.07) is -0.267. The number of likely N-dealkylation sites (N-methyl/N-ethyl adjacent to an activating group) is 1. The maximum atomic E-state index is 11.8. The molecule has 1 fully saturated rings. The Labute approximate surface area is 109 Å². The molecular weight excluding hydrogens is 232 g/mol. The van der Waals surface area contributed by atoms with E-state index in [1.807, 2.05) is 18.9 Å². The summed E-state index contributed by atoms with van der Waals surface area (Å²) in [7, 11) is 1.85. The van der Waals surface area contributed by atoms with Crippen LogP contribution in [0.25, 0.3) is 0 Å². The van der Waals surface area contributed by atoms with Crippen molar-refractivity contribution in [2.75, 3.05) is 33.4 Å². The van der Waals surface area contributed by atoms with E-state index in [1.165, 1.54) is 0 Å². The van der Waals surface area contributed by atoms with E-state index in [0.717, 1.165) is 0 Å². The minimum absolute atomic E-state index is 0.0481. The van der Waals surface area contributed by atoms with Crippen LogP contribution in [0.3, 0.4) is 0 Å². The molecule has 1 aliphatic heterocycles. The van der Waals surface area contributed by atoms with E-state index >= 15 is 0 Å². The van der Waals surface area contributed by atoms with Crippen molar-refractivity contribution >= 4 is 5.91 Å². The molecule has 0 aliphatic carbocycles. The van der Waals surface area contributed by atoms with Gasteiger partial charge < -0.3 is 15.2 Å². The fraction of sp³-hybridized carbons (Fsp3) is 0.769. The minimum atomic E-state index is -0.736. The molecule has 1 rings (SSSR count). The Hall–Kier alpha value is -0.910. The first-order valence-electron chi connectivity index (χ1n) is 6.37. The molecule has 1 heterocycles. The van der Waals surface area contributed by atoms with Gasteiger partial charge in [0.2, 0.25) is 5.91 Å². The molecule has 2 N–H and O–H groups in total. The van der Waals surface area contributed by atoms with Crippen molar-refractivity contribution in [1.82, 2.24) is 10.2 Å². The third-order valence-corrected chi connectivity index (χ3v) is 3.43. The molecule has 1 unspecified atom stereocenters. The lowest BCUT2D eigenvalue weighted by molar-refractivity contribution is -0.127. The first-order valence-corrected chi connectivity index (χ1v) is 6.37. The van der Waals surface area contributed by atoms with Crippen LogP contribution in [0.1, 0.15) is 19.8 Å². The van der Waals surface area contributed by atoms with Gasteiger partial charge in [-0.1, -0.05) is 6.08 Å². The zero-order chi connectivity index (χ0) is 13.6. The Morgan fingerprint density at radius 2 is 2.22 bits per heavy atom. The second-order valence-electron chi connectivity index (χ2n) is 4.96. The van der Waals surface area contributed by atoms with Crippen molar-refractivity contribution in [3.63, 3.8) is 0 Å². The second kappa shape index (κ2) is 6.87. The summed E-state index contributed by atoms with van der Waals surface area (Å²) >= 11 is 0. The molecule has 1 atom stereocenters. The van der Waals surface area contributed by atoms with Crippen LogP contribution in [0.4, 0.5) is 0 Å². The molecule has 104 valence electrons. The van der Waals surface area contributed by atoms with E-state index in [-0.39, 0.29) is 11.9 Å². The van der Waals surface area contributed by atoms with Crippen molar-refractivity contribution < 1.29 is 14.6 Å². The first kappa shape index (κ1) is 15.1. The monoisotopic (exact) mass is 256 g/mol. The van der Waals surface area contributed by atoms with Crippen molar-refractivity contribution in [2.24, 2.45) is 0 Å². The number of rotatable bonds is 6. The Balaban J connectivity index is 2.45. The first-order chi connectivity index (χ1) is 8.48. The summed E-state index contributed by atoms with van der Waals surface area (Å²) in [6.45, 7) is 7.52. The van der Waals surface area contributed by atoms with Crippen LogP contribution in [-0.2, 0) is 9.53 Å². The van der Waals surface area contributed by atoms with Crippen LogP contribution in [0, 0.1) is 0 Å². The SMILES string of the molecule is C=CCNC(=O)C(C)N(C)CC1(O)CCOCC1. The number of hydrogen-bond donors (Lipinski definition) is 2. The number of aliphatic hydroxyl groups is 1. The summed E-state index contributed by atoms with van der Waals surface area (Å²) in [5.41, 5.74) is -0.736. The molecule has 0 saturated carbocycles. The molecular formula is C13H24N2O3. The number of hydrogen-bond acceptors (Lipinski definition) is 4. The highest BCUT2D eigenvalue weighted by Gasteiger charge is 2.33. The number of carbonyl (C=O) groups excluding carboxylic acids is 1. The molecule has 0 radical (unpaired) electrons. The number of amides is 1. The fourth-order valence-electron chi connectivity index (χ4n) is 2.03. The average molecular weight is 256 g/mol. The van der Waals surface area contributed by atoms with Gasteiger partial charge in [-0.15, -0.1) is 6.58 Å². The van der Waals surface area contributed by atoms with Crippen LogP contribution >= 0.6 is 0 Å². The van der Waals surface area contributed by atoms with Gasteiger partial charge in [-0.25, -0.2) is 0 Å². The van der Waals surface area contributed by atoms with E-state index in [2.05, 4.69) is 11.9 Å². The van der Waals surface area contributed by atoms with E-state index in [4.69, 9.17) is 4.74 Å². The highest BCUT2D eigenvalue weighted by atomic mass is 16.5. The van der Waals surface area contributed by atoms with Crippen molar-refractivity contribution in [3.05, 3.63) is 12.7 Å². The zero-order valence-electron chi connectivity index (χ0n) is 11.3. The maximum Gasteiger partial charge on any atom is 0.237 e. The summed E-state index contributed by atoms with van der Waals surface area (Å²) in [4.78, 5) is 13.7. The molecule has 1 saturated heterocycles. The summed E-state index contributed by atoms with van der Waals surface area (Å²) < 4.78 is 5.24. The largest absolute Gasteiger partial charge is 0.388 e. The second-order valence-corrected chi connectivity index (χ2v) is 4.96. The standard InChI is InChI=1S/C13H24N2O3/c1-4-7-14-12(16)11(2)15(3)10-13(17)5-8-18-9-6-13/h4,11,17H,1,5-10H2,2-3H3,(H,14,16). The lowest BCUT2D eigenvalue weighted by atomic mass is 9.93. The van der Waals surface area contributed by atoms with Gasteiger partial charge in [-0.05, 0) is 14.0 Å². The Morgan fingerprint density at radius 1 is 1.61 bits per heavy atom. The van der Waals surface area contributed by atoms with Gasteiger partial charge >= 0.3 is 0 Å². The molecule has 5 heteroatoms. The number of ether oxygens (including phenoxy) is 1. The van der Waals surface area contributed by atoms with Crippen LogP contribution < -0.4 is 5.32 Å². The Morgan fingerprint density at radius 3 is 2.78 bits per heavy atom. The van der Waals surface area contributed by atoms with E-state index in [1.54, 1.807) is 6.08 Å². The number of carbonyl (C=O) groups is 1. The van der Waals surface area contributed by atoms with Gasteiger partial charge in [0.1, 0.15) is 0 Å². The van der Waals surface area contributed by atoms with Crippen LogP contribution in [-0.4, -0.2) is 60.9 Å². The predicted molar refractivity (Wildman–Crippen MR) is 70.3 cm³/mol. The quantitative estimate of drug-likeness (QED) is 0.664.